The van der Waals surface area contributed by atoms with Gasteiger partial charge in [0.05, 0.1) is 11.6 Å². The fourth-order valence-corrected chi connectivity index (χ4v) is 4.13. The summed E-state index contributed by atoms with van der Waals surface area (Å²) in [6.07, 6.45) is 0.897. The predicted octanol–water partition coefficient (Wildman–Crippen LogP) is 5.87. The number of hydrogen-bond donors (Lipinski definition) is 1. The van der Waals surface area contributed by atoms with Gasteiger partial charge in [-0.3, -0.25) is 5.32 Å². The van der Waals surface area contributed by atoms with E-state index in [0.29, 0.717) is 10.8 Å². The number of aldehydes is 1. The minimum absolute atomic E-state index is 0.165. The van der Waals surface area contributed by atoms with Gasteiger partial charge in [-0.15, -0.1) is 0 Å². The van der Waals surface area contributed by atoms with E-state index in [-0.39, 0.29) is 6.61 Å². The molecule has 0 aliphatic carbocycles. The van der Waals surface area contributed by atoms with Crippen LogP contribution in [0.3, 0.4) is 0 Å². The van der Waals surface area contributed by atoms with Crippen molar-refractivity contribution < 1.29 is 9.53 Å². The van der Waals surface area contributed by atoms with E-state index in [1.165, 1.54) is 0 Å². The third-order valence-electron chi connectivity index (χ3n) is 5.41. The lowest BCUT2D eigenvalue weighted by molar-refractivity contribution is -0.110. The molecule has 160 valence electrons. The molecule has 0 saturated heterocycles. The molecule has 0 heterocycles. The van der Waals surface area contributed by atoms with E-state index in [4.69, 9.17) is 16.3 Å². The van der Waals surface area contributed by atoms with E-state index in [1.807, 2.05) is 66.7 Å². The summed E-state index contributed by atoms with van der Waals surface area (Å²) in [6.45, 7) is 0.165. The Labute approximate surface area is 193 Å². The standard InChI is InChI=1S/C28H24ClNO2/c29-25-17-10-18-27(19-25)32-21-26(20-31)30-28(22-11-4-1-5-12-22,23-13-6-2-7-14-23)24-15-8-3-9-16-24/h1-20,26,30H,21H2. The molecule has 3 nitrogen and oxygen atoms in total. The van der Waals surface area contributed by atoms with Gasteiger partial charge in [-0.1, -0.05) is 109 Å². The van der Waals surface area contributed by atoms with Crippen LogP contribution in [0.4, 0.5) is 0 Å². The van der Waals surface area contributed by atoms with Crippen LogP contribution in [0, 0.1) is 0 Å². The highest BCUT2D eigenvalue weighted by atomic mass is 35.5. The minimum atomic E-state index is -0.743. The van der Waals surface area contributed by atoms with E-state index < -0.39 is 11.6 Å². The van der Waals surface area contributed by atoms with Crippen LogP contribution in [0.15, 0.2) is 115 Å². The summed E-state index contributed by atoms with van der Waals surface area (Å²) in [6, 6.07) is 37.1. The van der Waals surface area contributed by atoms with Crippen LogP contribution >= 0.6 is 11.6 Å². The molecule has 0 amide bonds. The van der Waals surface area contributed by atoms with Crippen LogP contribution in [0.5, 0.6) is 5.75 Å². The number of carbonyl (C=O) groups excluding carboxylic acids is 1. The highest BCUT2D eigenvalue weighted by Crippen LogP contribution is 2.37. The first-order valence-electron chi connectivity index (χ1n) is 10.5. The van der Waals surface area contributed by atoms with Gasteiger partial charge in [0, 0.05) is 5.02 Å². The first-order chi connectivity index (χ1) is 15.7. The van der Waals surface area contributed by atoms with Gasteiger partial charge in [0.15, 0.2) is 0 Å². The normalized spacial score (nSPS) is 12.2. The van der Waals surface area contributed by atoms with Crippen molar-refractivity contribution in [3.05, 3.63) is 137 Å². The van der Waals surface area contributed by atoms with E-state index in [9.17, 15) is 4.79 Å². The van der Waals surface area contributed by atoms with Crippen molar-refractivity contribution in [2.24, 2.45) is 0 Å². The van der Waals surface area contributed by atoms with E-state index >= 15 is 0 Å². The van der Waals surface area contributed by atoms with Gasteiger partial charge in [-0.25, -0.2) is 0 Å². The van der Waals surface area contributed by atoms with Gasteiger partial charge in [0.25, 0.3) is 0 Å². The molecule has 0 saturated carbocycles. The Balaban J connectivity index is 1.77. The maximum atomic E-state index is 12.2. The number of carbonyl (C=O) groups is 1. The maximum absolute atomic E-state index is 12.2. The molecule has 0 aromatic heterocycles. The summed E-state index contributed by atoms with van der Waals surface area (Å²) in [5.74, 6) is 0.621. The van der Waals surface area contributed by atoms with E-state index in [1.54, 1.807) is 12.1 Å². The van der Waals surface area contributed by atoms with Crippen LogP contribution in [-0.2, 0) is 10.3 Å². The van der Waals surface area contributed by atoms with Crippen LogP contribution in [0.2, 0.25) is 5.02 Å². The second kappa shape index (κ2) is 10.3. The van der Waals surface area contributed by atoms with Crippen LogP contribution in [0.25, 0.3) is 0 Å². The smallest absolute Gasteiger partial charge is 0.140 e. The number of hydrogen-bond acceptors (Lipinski definition) is 3. The molecule has 1 unspecified atom stereocenters. The molecule has 4 rings (SSSR count). The number of halogens is 1. The summed E-state index contributed by atoms with van der Waals surface area (Å²) in [5.41, 5.74) is 2.36. The van der Waals surface area contributed by atoms with Crippen molar-refractivity contribution in [1.82, 2.24) is 5.32 Å². The molecule has 4 aromatic carbocycles. The Bertz CT molecular complexity index is 1040. The Morgan fingerprint density at radius 2 is 1.25 bits per heavy atom. The fraction of sp³-hybridized carbons (Fsp3) is 0.107. The molecule has 0 aliphatic rings. The van der Waals surface area contributed by atoms with Crippen molar-refractivity contribution in [1.29, 1.82) is 0 Å². The second-order valence-corrected chi connectivity index (χ2v) is 7.94. The van der Waals surface area contributed by atoms with Gasteiger partial charge in [-0.2, -0.15) is 0 Å². The van der Waals surface area contributed by atoms with Gasteiger partial charge >= 0.3 is 0 Å². The average Bonchev–Trinajstić information content (AvgIpc) is 2.86. The molecular weight excluding hydrogens is 418 g/mol. The Morgan fingerprint density at radius 3 is 1.69 bits per heavy atom. The topological polar surface area (TPSA) is 38.3 Å². The van der Waals surface area contributed by atoms with Crippen LogP contribution in [0.1, 0.15) is 16.7 Å². The molecule has 1 atom stereocenters. The van der Waals surface area contributed by atoms with Crippen molar-refractivity contribution in [2.45, 2.75) is 11.6 Å². The summed E-state index contributed by atoms with van der Waals surface area (Å²) < 4.78 is 5.92. The van der Waals surface area contributed by atoms with Crippen molar-refractivity contribution in [3.63, 3.8) is 0 Å². The highest BCUT2D eigenvalue weighted by molar-refractivity contribution is 6.30. The molecule has 4 heteroatoms. The maximum Gasteiger partial charge on any atom is 0.140 e. The molecule has 1 N–H and O–H groups in total. The highest BCUT2D eigenvalue weighted by Gasteiger charge is 2.38. The third-order valence-corrected chi connectivity index (χ3v) is 5.65. The second-order valence-electron chi connectivity index (χ2n) is 7.50. The Hall–Kier alpha value is -3.40. The molecule has 0 spiro atoms. The van der Waals surface area contributed by atoms with Gasteiger partial charge in [0.2, 0.25) is 0 Å². The zero-order valence-corrected chi connectivity index (χ0v) is 18.3. The molecule has 0 aliphatic heterocycles. The molecule has 0 radical (unpaired) electrons. The average molecular weight is 442 g/mol. The van der Waals surface area contributed by atoms with Gasteiger partial charge < -0.3 is 9.53 Å². The Morgan fingerprint density at radius 1 is 0.750 bits per heavy atom. The SMILES string of the molecule is O=CC(COc1cccc(Cl)c1)NC(c1ccccc1)(c1ccccc1)c1ccccc1. The lowest BCUT2D eigenvalue weighted by Gasteiger charge is -2.39. The largest absolute Gasteiger partial charge is 0.491 e. The van der Waals surface area contributed by atoms with Crippen LogP contribution in [-0.4, -0.2) is 18.9 Å². The van der Waals surface area contributed by atoms with Crippen LogP contribution < -0.4 is 10.1 Å². The minimum Gasteiger partial charge on any atom is -0.491 e. The van der Waals surface area contributed by atoms with E-state index in [0.717, 1.165) is 23.0 Å². The summed E-state index contributed by atoms with van der Waals surface area (Å²) >= 11 is 6.08. The number of benzene rings is 4. The van der Waals surface area contributed by atoms with Crippen molar-refractivity contribution >= 4 is 17.9 Å². The Kier molecular flexibility index (Phi) is 7.00. The number of rotatable bonds is 9. The lowest BCUT2D eigenvalue weighted by Crippen LogP contribution is -2.52. The zero-order chi connectivity index (χ0) is 22.2. The summed E-state index contributed by atoms with van der Waals surface area (Å²) in [4.78, 5) is 12.2. The number of nitrogens with one attached hydrogen (secondary N) is 1. The predicted molar refractivity (Wildman–Crippen MR) is 129 cm³/mol. The summed E-state index contributed by atoms with van der Waals surface area (Å²) in [7, 11) is 0. The van der Waals surface area contributed by atoms with Crippen molar-refractivity contribution in [3.8, 4) is 5.75 Å². The number of ether oxygens (including phenoxy) is 1. The summed E-state index contributed by atoms with van der Waals surface area (Å²) in [5, 5.41) is 4.21. The monoisotopic (exact) mass is 441 g/mol. The van der Waals surface area contributed by atoms with Gasteiger partial charge in [-0.05, 0) is 34.9 Å². The quantitative estimate of drug-likeness (QED) is 0.261. The third kappa shape index (κ3) is 4.75. The fourth-order valence-electron chi connectivity index (χ4n) is 3.95. The van der Waals surface area contributed by atoms with Crippen molar-refractivity contribution in [2.75, 3.05) is 6.61 Å². The molecular formula is C28H24ClNO2. The first-order valence-corrected chi connectivity index (χ1v) is 10.9. The zero-order valence-electron chi connectivity index (χ0n) is 17.5. The van der Waals surface area contributed by atoms with Gasteiger partial charge in [0.1, 0.15) is 18.6 Å². The molecule has 32 heavy (non-hydrogen) atoms. The molecule has 0 bridgehead atoms. The van der Waals surface area contributed by atoms with E-state index in [2.05, 4.69) is 41.7 Å². The first kappa shape index (κ1) is 21.8. The molecule has 4 aromatic rings. The lowest BCUT2D eigenvalue weighted by atomic mass is 9.76. The molecule has 0 fully saturated rings.